The summed E-state index contributed by atoms with van der Waals surface area (Å²) in [5.41, 5.74) is 2.45. The Morgan fingerprint density at radius 2 is 2.13 bits per heavy atom. The molecule has 1 amide bonds. The van der Waals surface area contributed by atoms with Gasteiger partial charge in [-0.1, -0.05) is 17.3 Å². The predicted octanol–water partition coefficient (Wildman–Crippen LogP) is 2.51. The second-order valence-corrected chi connectivity index (χ2v) is 5.04. The molecule has 118 valence electrons. The molecule has 2 aromatic carbocycles. The highest BCUT2D eigenvalue weighted by Crippen LogP contribution is 2.23. The Morgan fingerprint density at radius 3 is 2.91 bits per heavy atom. The van der Waals surface area contributed by atoms with Crippen molar-refractivity contribution in [1.82, 2.24) is 5.16 Å². The van der Waals surface area contributed by atoms with Gasteiger partial charge in [-0.05, 0) is 30.3 Å². The zero-order valence-corrected chi connectivity index (χ0v) is 12.6. The van der Waals surface area contributed by atoms with Crippen LogP contribution in [0.2, 0.25) is 0 Å². The molecule has 6 heteroatoms. The fraction of sp³-hybridized carbons (Fsp3) is 0.176. The zero-order chi connectivity index (χ0) is 16.2. The first-order chi connectivity index (χ1) is 11.2. The summed E-state index contributed by atoms with van der Waals surface area (Å²) in [6.07, 6.45) is 0.109. The van der Waals surface area contributed by atoms with Crippen LogP contribution < -0.4 is 10.1 Å². The molecule has 0 spiro atoms. The molecule has 0 bridgehead atoms. The van der Waals surface area contributed by atoms with E-state index < -0.39 is 0 Å². The standard InChI is InChI=1S/C17H16N2O4/c1-22-15-7-6-12(8-11(15)10-20)18-17(21)9-14-13-4-2-3-5-16(13)23-19-14/h2-8,20H,9-10H2,1H3,(H,18,21). The number of hydrogen-bond donors (Lipinski definition) is 2. The molecular formula is C17H16N2O4. The number of nitrogens with one attached hydrogen (secondary N) is 1. The van der Waals surface area contributed by atoms with Gasteiger partial charge in [0, 0.05) is 16.6 Å². The molecule has 1 aromatic heterocycles. The summed E-state index contributed by atoms with van der Waals surface area (Å²) in [5, 5.41) is 16.9. The van der Waals surface area contributed by atoms with E-state index in [0.29, 0.717) is 28.3 Å². The maximum atomic E-state index is 12.2. The van der Waals surface area contributed by atoms with Crippen LogP contribution in [-0.2, 0) is 17.8 Å². The largest absolute Gasteiger partial charge is 0.496 e. The van der Waals surface area contributed by atoms with Crippen molar-refractivity contribution in [2.24, 2.45) is 0 Å². The van der Waals surface area contributed by atoms with E-state index in [0.717, 1.165) is 5.39 Å². The molecule has 6 nitrogen and oxygen atoms in total. The number of para-hydroxylation sites is 1. The fourth-order valence-electron chi connectivity index (χ4n) is 2.40. The van der Waals surface area contributed by atoms with Crippen LogP contribution >= 0.6 is 0 Å². The first-order valence-electron chi connectivity index (χ1n) is 7.12. The van der Waals surface area contributed by atoms with Gasteiger partial charge in [-0.15, -0.1) is 0 Å². The van der Waals surface area contributed by atoms with Crippen molar-refractivity contribution in [3.63, 3.8) is 0 Å². The van der Waals surface area contributed by atoms with E-state index in [1.54, 1.807) is 24.3 Å². The number of aromatic nitrogens is 1. The van der Waals surface area contributed by atoms with Gasteiger partial charge in [0.2, 0.25) is 5.91 Å². The highest BCUT2D eigenvalue weighted by Gasteiger charge is 2.13. The molecule has 0 unspecified atom stereocenters. The molecule has 0 aliphatic carbocycles. The lowest BCUT2D eigenvalue weighted by Gasteiger charge is -2.09. The first-order valence-corrected chi connectivity index (χ1v) is 7.12. The number of carbonyl (C=O) groups excluding carboxylic acids is 1. The number of nitrogens with zero attached hydrogens (tertiary/aromatic N) is 1. The van der Waals surface area contributed by atoms with E-state index in [-0.39, 0.29) is 18.9 Å². The molecule has 0 aliphatic heterocycles. The fourth-order valence-corrected chi connectivity index (χ4v) is 2.40. The van der Waals surface area contributed by atoms with Gasteiger partial charge in [0.05, 0.1) is 20.1 Å². The van der Waals surface area contributed by atoms with Crippen LogP contribution in [0.3, 0.4) is 0 Å². The summed E-state index contributed by atoms with van der Waals surface area (Å²) >= 11 is 0. The minimum Gasteiger partial charge on any atom is -0.496 e. The van der Waals surface area contributed by atoms with Gasteiger partial charge in [0.1, 0.15) is 11.4 Å². The van der Waals surface area contributed by atoms with Crippen LogP contribution in [0.4, 0.5) is 5.69 Å². The van der Waals surface area contributed by atoms with Gasteiger partial charge in [-0.25, -0.2) is 0 Å². The van der Waals surface area contributed by atoms with Crippen molar-refractivity contribution >= 4 is 22.6 Å². The number of carbonyl (C=O) groups is 1. The third kappa shape index (κ3) is 3.17. The number of aliphatic hydroxyl groups excluding tert-OH is 1. The lowest BCUT2D eigenvalue weighted by atomic mass is 10.1. The summed E-state index contributed by atoms with van der Waals surface area (Å²) in [7, 11) is 1.53. The molecule has 2 N–H and O–H groups in total. The normalized spacial score (nSPS) is 10.7. The van der Waals surface area contributed by atoms with Crippen molar-refractivity contribution in [1.29, 1.82) is 0 Å². The molecule has 0 saturated heterocycles. The number of hydrogen-bond acceptors (Lipinski definition) is 5. The van der Waals surface area contributed by atoms with E-state index in [9.17, 15) is 9.90 Å². The van der Waals surface area contributed by atoms with Crippen LogP contribution in [0.25, 0.3) is 11.0 Å². The average molecular weight is 312 g/mol. The smallest absolute Gasteiger partial charge is 0.230 e. The number of methoxy groups -OCH3 is 1. The third-order valence-electron chi connectivity index (χ3n) is 3.51. The predicted molar refractivity (Wildman–Crippen MR) is 85.3 cm³/mol. The van der Waals surface area contributed by atoms with Gasteiger partial charge in [-0.3, -0.25) is 4.79 Å². The topological polar surface area (TPSA) is 84.6 Å². The van der Waals surface area contributed by atoms with Crippen LogP contribution in [0.5, 0.6) is 5.75 Å². The molecule has 23 heavy (non-hydrogen) atoms. The highest BCUT2D eigenvalue weighted by molar-refractivity contribution is 5.94. The first kappa shape index (κ1) is 15.1. The van der Waals surface area contributed by atoms with Crippen molar-refractivity contribution in [2.45, 2.75) is 13.0 Å². The van der Waals surface area contributed by atoms with Crippen molar-refractivity contribution in [3.8, 4) is 5.75 Å². The van der Waals surface area contributed by atoms with Crippen LogP contribution in [0.1, 0.15) is 11.3 Å². The Bertz CT molecular complexity index is 841. The van der Waals surface area contributed by atoms with E-state index in [1.165, 1.54) is 7.11 Å². The Kier molecular flexibility index (Phi) is 4.25. The monoisotopic (exact) mass is 312 g/mol. The van der Waals surface area contributed by atoms with Crippen molar-refractivity contribution in [3.05, 3.63) is 53.7 Å². The molecule has 0 saturated carbocycles. The van der Waals surface area contributed by atoms with E-state index in [4.69, 9.17) is 9.26 Å². The SMILES string of the molecule is COc1ccc(NC(=O)Cc2noc3ccccc23)cc1CO. The quantitative estimate of drug-likeness (QED) is 0.756. The highest BCUT2D eigenvalue weighted by atomic mass is 16.5. The van der Waals surface area contributed by atoms with E-state index in [1.807, 2.05) is 18.2 Å². The Morgan fingerprint density at radius 1 is 1.30 bits per heavy atom. The van der Waals surface area contributed by atoms with Crippen LogP contribution in [0, 0.1) is 0 Å². The molecule has 0 fully saturated rings. The summed E-state index contributed by atoms with van der Waals surface area (Å²) in [4.78, 5) is 12.2. The maximum Gasteiger partial charge on any atom is 0.230 e. The zero-order valence-electron chi connectivity index (χ0n) is 12.6. The third-order valence-corrected chi connectivity index (χ3v) is 3.51. The lowest BCUT2D eigenvalue weighted by Crippen LogP contribution is -2.15. The minimum absolute atomic E-state index is 0.109. The van der Waals surface area contributed by atoms with Crippen LogP contribution in [-0.4, -0.2) is 23.3 Å². The van der Waals surface area contributed by atoms with Crippen LogP contribution in [0.15, 0.2) is 47.0 Å². The molecule has 3 aromatic rings. The number of benzene rings is 2. The maximum absolute atomic E-state index is 12.2. The molecule has 0 radical (unpaired) electrons. The Labute approximate surface area is 132 Å². The van der Waals surface area contributed by atoms with Crippen molar-refractivity contribution in [2.75, 3.05) is 12.4 Å². The summed E-state index contributed by atoms with van der Waals surface area (Å²) in [5.74, 6) is 0.367. The molecule has 1 heterocycles. The Balaban J connectivity index is 1.74. The number of fused-ring (bicyclic) bond motifs is 1. The lowest BCUT2D eigenvalue weighted by molar-refractivity contribution is -0.115. The summed E-state index contributed by atoms with van der Waals surface area (Å²) in [6.45, 7) is -0.166. The second kappa shape index (κ2) is 6.50. The average Bonchev–Trinajstić information content (AvgIpc) is 2.97. The summed E-state index contributed by atoms with van der Waals surface area (Å²) < 4.78 is 10.3. The molecule has 0 atom stereocenters. The molecular weight excluding hydrogens is 296 g/mol. The number of rotatable bonds is 5. The van der Waals surface area contributed by atoms with Gasteiger partial charge >= 0.3 is 0 Å². The molecule has 0 aliphatic rings. The number of aliphatic hydroxyl groups is 1. The van der Waals surface area contributed by atoms with Gasteiger partial charge in [0.15, 0.2) is 5.58 Å². The molecule has 3 rings (SSSR count). The Hall–Kier alpha value is -2.86. The number of anilines is 1. The van der Waals surface area contributed by atoms with Gasteiger partial charge in [0.25, 0.3) is 0 Å². The van der Waals surface area contributed by atoms with E-state index in [2.05, 4.69) is 10.5 Å². The summed E-state index contributed by atoms with van der Waals surface area (Å²) in [6, 6.07) is 12.5. The number of amides is 1. The minimum atomic E-state index is -0.210. The second-order valence-electron chi connectivity index (χ2n) is 5.04. The van der Waals surface area contributed by atoms with Gasteiger partial charge in [-0.2, -0.15) is 0 Å². The van der Waals surface area contributed by atoms with E-state index >= 15 is 0 Å². The number of ether oxygens (including phenoxy) is 1. The van der Waals surface area contributed by atoms with Crippen molar-refractivity contribution < 1.29 is 19.2 Å². The van der Waals surface area contributed by atoms with Gasteiger partial charge < -0.3 is 19.7 Å².